The summed E-state index contributed by atoms with van der Waals surface area (Å²) in [4.78, 5) is 16.6. The second-order valence-corrected chi connectivity index (χ2v) is 19.1. The Kier molecular flexibility index (Phi) is 16.0. The Labute approximate surface area is 343 Å². The summed E-state index contributed by atoms with van der Waals surface area (Å²) in [6.45, 7) is 17.2. The topological polar surface area (TPSA) is 63.3 Å². The number of rotatable bonds is 14. The molecular formula is C49H58IrNO3Si-. The third kappa shape index (κ3) is 9.84. The molecule has 1 N–H and O–H groups in total. The molecule has 0 atom stereocenters. The van der Waals surface area contributed by atoms with Crippen LogP contribution in [0, 0.1) is 23.8 Å². The van der Waals surface area contributed by atoms with Crippen LogP contribution in [0.5, 0.6) is 0 Å². The first-order valence-corrected chi connectivity index (χ1v) is 22.2. The van der Waals surface area contributed by atoms with Crippen LogP contribution < -0.4 is 15.8 Å². The maximum atomic E-state index is 11.7. The van der Waals surface area contributed by atoms with Gasteiger partial charge in [0.1, 0.15) is 5.58 Å². The van der Waals surface area contributed by atoms with E-state index in [4.69, 9.17) is 9.40 Å². The van der Waals surface area contributed by atoms with Crippen LogP contribution in [0.3, 0.4) is 0 Å². The summed E-state index contributed by atoms with van der Waals surface area (Å²) in [5.41, 5.74) is 4.00. The molecule has 6 heteroatoms. The van der Waals surface area contributed by atoms with E-state index in [-0.39, 0.29) is 43.5 Å². The van der Waals surface area contributed by atoms with E-state index in [9.17, 15) is 9.90 Å². The third-order valence-electron chi connectivity index (χ3n) is 10.9. The van der Waals surface area contributed by atoms with E-state index in [2.05, 4.69) is 137 Å². The molecule has 6 rings (SSSR count). The molecule has 0 aliphatic rings. The molecule has 0 bridgehead atoms. The van der Waals surface area contributed by atoms with Gasteiger partial charge in [0.15, 0.2) is 13.9 Å². The van der Waals surface area contributed by atoms with Gasteiger partial charge in [-0.1, -0.05) is 145 Å². The fourth-order valence-electron chi connectivity index (χ4n) is 7.86. The molecule has 0 saturated carbocycles. The van der Waals surface area contributed by atoms with Crippen molar-refractivity contribution in [3.8, 4) is 11.3 Å². The van der Waals surface area contributed by atoms with Crippen molar-refractivity contribution in [2.24, 2.45) is 17.8 Å². The summed E-state index contributed by atoms with van der Waals surface area (Å²) in [6.07, 6.45) is 6.81. The van der Waals surface area contributed by atoms with Crippen LogP contribution in [0.2, 0.25) is 6.04 Å². The molecule has 291 valence electrons. The van der Waals surface area contributed by atoms with Gasteiger partial charge in [0.25, 0.3) is 0 Å². The molecule has 6 aromatic rings. The maximum Gasteiger partial charge on any atom is 0.193 e. The average Bonchev–Trinajstić information content (AvgIpc) is 3.63. The number of carbonyl (C=O) groups is 1. The zero-order chi connectivity index (χ0) is 38.8. The van der Waals surface area contributed by atoms with Crippen LogP contribution in [0.1, 0.15) is 92.6 Å². The predicted molar refractivity (Wildman–Crippen MR) is 231 cm³/mol. The first-order valence-electron chi connectivity index (χ1n) is 20.0. The van der Waals surface area contributed by atoms with Crippen molar-refractivity contribution in [2.45, 2.75) is 93.0 Å². The minimum absolute atomic E-state index is 0. The van der Waals surface area contributed by atoms with Gasteiger partial charge in [-0.25, -0.2) is 0 Å². The Balaban J connectivity index is 0.000000360. The Morgan fingerprint density at radius 1 is 0.782 bits per heavy atom. The second-order valence-electron chi connectivity index (χ2n) is 15.3. The Morgan fingerprint density at radius 3 is 1.89 bits per heavy atom. The molecule has 0 unspecified atom stereocenters. The van der Waals surface area contributed by atoms with E-state index < -0.39 is 8.07 Å². The van der Waals surface area contributed by atoms with Crippen LogP contribution in [-0.2, 0) is 24.9 Å². The Morgan fingerprint density at radius 2 is 1.35 bits per heavy atom. The van der Waals surface area contributed by atoms with Crippen molar-refractivity contribution >= 4 is 51.4 Å². The van der Waals surface area contributed by atoms with Gasteiger partial charge in [0.05, 0.1) is 11.1 Å². The molecular weight excluding hydrogens is 871 g/mol. The van der Waals surface area contributed by atoms with Gasteiger partial charge in [0.2, 0.25) is 0 Å². The largest absolute Gasteiger partial charge is 0.512 e. The summed E-state index contributed by atoms with van der Waals surface area (Å²) < 4.78 is 7.02. The number of furan rings is 1. The fraction of sp³-hybridized carbons (Fsp3) is 0.347. The number of hydrogen-bond acceptors (Lipinski definition) is 4. The first-order chi connectivity index (χ1) is 26.1. The zero-order valence-corrected chi connectivity index (χ0v) is 37.3. The number of aliphatic hydroxyl groups is 1. The van der Waals surface area contributed by atoms with Crippen molar-refractivity contribution in [1.29, 1.82) is 0 Å². The van der Waals surface area contributed by atoms with E-state index in [0.717, 1.165) is 64.7 Å². The number of nitrogens with zero attached hydrogens (tertiary/aromatic N) is 1. The minimum Gasteiger partial charge on any atom is -0.512 e. The minimum atomic E-state index is -2.47. The fourth-order valence-corrected chi connectivity index (χ4v) is 12.9. The van der Waals surface area contributed by atoms with Crippen LogP contribution in [0.4, 0.5) is 0 Å². The van der Waals surface area contributed by atoms with E-state index in [0.29, 0.717) is 11.8 Å². The number of carbonyl (C=O) groups excluding carboxylic acids is 1. The van der Waals surface area contributed by atoms with E-state index in [1.165, 1.54) is 27.4 Å². The zero-order valence-electron chi connectivity index (χ0n) is 33.9. The first kappa shape index (κ1) is 43.6. The smallest absolute Gasteiger partial charge is 0.193 e. The number of allylic oxidation sites excluding steroid dienone is 2. The monoisotopic (exact) mass is 929 g/mol. The molecule has 0 saturated heterocycles. The van der Waals surface area contributed by atoms with Crippen molar-refractivity contribution in [1.82, 2.24) is 4.98 Å². The summed E-state index contributed by atoms with van der Waals surface area (Å²) in [5, 5.41) is 17.0. The van der Waals surface area contributed by atoms with Crippen molar-refractivity contribution in [2.75, 3.05) is 0 Å². The summed E-state index contributed by atoms with van der Waals surface area (Å²) >= 11 is 0. The van der Waals surface area contributed by atoms with Crippen LogP contribution in [-0.4, -0.2) is 23.9 Å². The molecule has 0 aliphatic carbocycles. The van der Waals surface area contributed by atoms with Crippen LogP contribution in [0.25, 0.3) is 33.0 Å². The Hall–Kier alpha value is -4.09. The molecule has 1 radical (unpaired) electrons. The molecule has 2 aromatic heterocycles. The number of hydrogen-bond donors (Lipinski definition) is 1. The number of ketones is 1. The van der Waals surface area contributed by atoms with Gasteiger partial charge in [-0.2, -0.15) is 0 Å². The van der Waals surface area contributed by atoms with E-state index >= 15 is 0 Å². The predicted octanol–water partition coefficient (Wildman–Crippen LogP) is 11.6. The van der Waals surface area contributed by atoms with E-state index in [1.807, 2.05) is 33.9 Å². The molecule has 0 aliphatic heterocycles. The molecule has 0 fully saturated rings. The third-order valence-corrected chi connectivity index (χ3v) is 16.0. The van der Waals surface area contributed by atoms with Gasteiger partial charge in [-0.3, -0.25) is 9.78 Å². The number of pyridine rings is 1. The van der Waals surface area contributed by atoms with Gasteiger partial charge in [-0.05, 0) is 66.1 Å². The molecule has 55 heavy (non-hydrogen) atoms. The molecule has 4 aromatic carbocycles. The van der Waals surface area contributed by atoms with Crippen LogP contribution >= 0.6 is 0 Å². The number of aromatic nitrogens is 1. The average molecular weight is 929 g/mol. The number of benzene rings is 4. The molecule has 0 spiro atoms. The molecule has 2 heterocycles. The normalized spacial score (nSPS) is 12.0. The van der Waals surface area contributed by atoms with Gasteiger partial charge in [-0.15, -0.1) is 29.1 Å². The van der Waals surface area contributed by atoms with Crippen molar-refractivity contribution in [3.63, 3.8) is 0 Å². The molecule has 4 nitrogen and oxygen atoms in total. The van der Waals surface area contributed by atoms with Gasteiger partial charge in [0, 0.05) is 55.3 Å². The Bertz CT molecular complexity index is 2110. The second kappa shape index (κ2) is 20.2. The SMILES string of the molecule is CC(C)C[Si](c1ccccc1)(c1ccccc1)c1cc2ccnc(-c3[c-]c4ccccc4c(C(C)C)c3)c2o1.CCC(CC)C(=O)/C=C(\O)C(CC)CC.[Ir]. The van der Waals surface area contributed by atoms with Crippen molar-refractivity contribution in [3.05, 3.63) is 133 Å². The number of fused-ring (bicyclic) bond motifs is 2. The summed E-state index contributed by atoms with van der Waals surface area (Å²) in [5.74, 6) is 1.44. The summed E-state index contributed by atoms with van der Waals surface area (Å²) in [7, 11) is -2.47. The molecule has 0 amide bonds. The van der Waals surface area contributed by atoms with Gasteiger partial charge < -0.3 is 9.52 Å². The van der Waals surface area contributed by atoms with Crippen LogP contribution in [0.15, 0.2) is 126 Å². The summed E-state index contributed by atoms with van der Waals surface area (Å²) in [6, 6.07) is 41.9. The number of aliphatic hydroxyl groups excluding tert-OH is 1. The van der Waals surface area contributed by atoms with Crippen molar-refractivity contribution < 1.29 is 34.4 Å². The quantitative estimate of drug-likeness (QED) is 0.0512. The van der Waals surface area contributed by atoms with Gasteiger partial charge >= 0.3 is 0 Å². The standard InChI is InChI=1S/C36H34NOSi.C13H24O2.Ir/c1-25(2)24-39(30-14-7-5-8-15-30,31-16-9-6-10-17-31)34-23-28-19-20-37-35(36(28)38-34)29-21-27-13-11-12-18-32(27)33(22-29)26(3)4;1-5-10(6-2)12(14)9-13(15)11(7-3)8-4;/h5-20,22-23,25-26H,24H2,1-4H3;9-11,14H,5-8H2,1-4H3;/q-1;;/b;12-9-;. The van der Waals surface area contributed by atoms with E-state index in [1.54, 1.807) is 0 Å². The maximum absolute atomic E-state index is 11.7.